The number of nitrogens with one attached hydrogen (secondary N) is 1. The first-order valence-corrected chi connectivity index (χ1v) is 6.80. The van der Waals surface area contributed by atoms with Crippen LogP contribution in [0.1, 0.15) is 5.56 Å². The number of nitrogen functional groups attached to an aromatic ring is 1. The van der Waals surface area contributed by atoms with Crippen molar-refractivity contribution in [3.8, 4) is 0 Å². The predicted octanol–water partition coefficient (Wildman–Crippen LogP) is 3.98. The minimum Gasteiger partial charge on any atom is -0.399 e. The van der Waals surface area contributed by atoms with E-state index in [2.05, 4.69) is 14.1 Å². The Hall–Kier alpha value is -1.85. The van der Waals surface area contributed by atoms with E-state index in [1.54, 1.807) is 0 Å². The Bertz CT molecular complexity index is 753. The van der Waals surface area contributed by atoms with E-state index >= 15 is 0 Å². The van der Waals surface area contributed by atoms with Crippen molar-refractivity contribution in [2.24, 2.45) is 0 Å². The second kappa shape index (κ2) is 4.68. The number of aromatic nitrogens is 2. The molecule has 0 amide bonds. The summed E-state index contributed by atoms with van der Waals surface area (Å²) >= 11 is 7.40. The van der Waals surface area contributed by atoms with Gasteiger partial charge in [0.2, 0.25) is 0 Å². The van der Waals surface area contributed by atoms with Crippen LogP contribution in [0.25, 0.3) is 11.0 Å². The van der Waals surface area contributed by atoms with Gasteiger partial charge in [-0.25, -0.2) is 0 Å². The Labute approximate surface area is 119 Å². The van der Waals surface area contributed by atoms with Crippen LogP contribution in [0.5, 0.6) is 0 Å². The first-order valence-electron chi connectivity index (χ1n) is 5.69. The lowest BCUT2D eigenvalue weighted by molar-refractivity contribution is 1.45. The number of benzene rings is 2. The maximum atomic E-state index is 6.23. The average Bonchev–Trinajstić information content (AvgIpc) is 2.86. The summed E-state index contributed by atoms with van der Waals surface area (Å²) in [6, 6.07) is 9.44. The molecule has 1 heterocycles. The molecule has 0 saturated heterocycles. The highest BCUT2D eigenvalue weighted by atomic mass is 35.5. The summed E-state index contributed by atoms with van der Waals surface area (Å²) in [4.78, 5) is 0. The van der Waals surface area contributed by atoms with E-state index in [1.807, 2.05) is 37.3 Å². The molecule has 3 aromatic rings. The fourth-order valence-corrected chi connectivity index (χ4v) is 2.59. The van der Waals surface area contributed by atoms with Gasteiger partial charge < -0.3 is 11.1 Å². The van der Waals surface area contributed by atoms with Gasteiger partial charge in [0, 0.05) is 11.4 Å². The number of rotatable bonds is 2. The Kier molecular flexibility index (Phi) is 3.00. The molecular weight excluding hydrogens is 280 g/mol. The van der Waals surface area contributed by atoms with Gasteiger partial charge in [0.25, 0.3) is 0 Å². The van der Waals surface area contributed by atoms with Gasteiger partial charge in [-0.1, -0.05) is 11.6 Å². The lowest BCUT2D eigenvalue weighted by atomic mass is 10.1. The summed E-state index contributed by atoms with van der Waals surface area (Å²) < 4.78 is 8.48. The van der Waals surface area contributed by atoms with Crippen molar-refractivity contribution in [2.45, 2.75) is 6.92 Å². The first kappa shape index (κ1) is 12.2. The normalized spacial score (nSPS) is 10.8. The van der Waals surface area contributed by atoms with Gasteiger partial charge in [-0.2, -0.15) is 8.75 Å². The third kappa shape index (κ3) is 2.22. The number of hydrogen-bond acceptors (Lipinski definition) is 5. The SMILES string of the molecule is Cc1cc(Nc2c(Cl)ccc3nsnc23)ccc1N. The van der Waals surface area contributed by atoms with E-state index in [-0.39, 0.29) is 0 Å². The van der Waals surface area contributed by atoms with Gasteiger partial charge in [-0.05, 0) is 42.8 Å². The van der Waals surface area contributed by atoms with Crippen LogP contribution in [0.15, 0.2) is 30.3 Å². The van der Waals surface area contributed by atoms with Crippen LogP contribution < -0.4 is 11.1 Å². The van der Waals surface area contributed by atoms with Gasteiger partial charge in [0.1, 0.15) is 11.0 Å². The molecule has 19 heavy (non-hydrogen) atoms. The van der Waals surface area contributed by atoms with Gasteiger partial charge >= 0.3 is 0 Å². The van der Waals surface area contributed by atoms with Crippen molar-refractivity contribution >= 4 is 51.4 Å². The number of aryl methyl sites for hydroxylation is 1. The molecule has 0 aliphatic carbocycles. The standard InChI is InChI=1S/C13H11ClN4S/c1-7-6-8(2-4-10(7)15)16-12-9(14)3-5-11-13(12)18-19-17-11/h2-6,16H,15H2,1H3. The number of fused-ring (bicyclic) bond motifs is 1. The zero-order valence-corrected chi connectivity index (χ0v) is 11.7. The Balaban J connectivity index is 2.07. The third-order valence-corrected chi connectivity index (χ3v) is 3.77. The molecule has 1 aromatic heterocycles. The van der Waals surface area contributed by atoms with Crippen LogP contribution in [0.3, 0.4) is 0 Å². The highest BCUT2D eigenvalue weighted by molar-refractivity contribution is 7.00. The molecule has 0 radical (unpaired) electrons. The maximum Gasteiger partial charge on any atom is 0.129 e. The highest BCUT2D eigenvalue weighted by Crippen LogP contribution is 2.33. The van der Waals surface area contributed by atoms with E-state index in [4.69, 9.17) is 17.3 Å². The summed E-state index contributed by atoms with van der Waals surface area (Å²) in [5, 5.41) is 3.91. The number of nitrogens with zero attached hydrogens (tertiary/aromatic N) is 2. The van der Waals surface area contributed by atoms with E-state index < -0.39 is 0 Å². The summed E-state index contributed by atoms with van der Waals surface area (Å²) in [6.45, 7) is 1.97. The smallest absolute Gasteiger partial charge is 0.129 e. The largest absolute Gasteiger partial charge is 0.399 e. The molecule has 4 nitrogen and oxygen atoms in total. The van der Waals surface area contributed by atoms with E-state index in [1.165, 1.54) is 11.7 Å². The second-order valence-corrected chi connectivity index (χ2v) is 5.19. The van der Waals surface area contributed by atoms with Crippen molar-refractivity contribution in [1.29, 1.82) is 0 Å². The van der Waals surface area contributed by atoms with Crippen LogP contribution in [0, 0.1) is 6.92 Å². The number of halogens is 1. The fourth-order valence-electron chi connectivity index (χ4n) is 1.84. The quantitative estimate of drug-likeness (QED) is 0.701. The molecule has 0 saturated carbocycles. The molecule has 0 aliphatic rings. The van der Waals surface area contributed by atoms with Crippen molar-refractivity contribution in [3.63, 3.8) is 0 Å². The Morgan fingerprint density at radius 2 is 2.05 bits per heavy atom. The van der Waals surface area contributed by atoms with Crippen LogP contribution in [0.2, 0.25) is 5.02 Å². The van der Waals surface area contributed by atoms with E-state index in [9.17, 15) is 0 Å². The van der Waals surface area contributed by atoms with Crippen LogP contribution in [0.4, 0.5) is 17.1 Å². The minimum absolute atomic E-state index is 0.620. The summed E-state index contributed by atoms with van der Waals surface area (Å²) in [6.07, 6.45) is 0. The maximum absolute atomic E-state index is 6.23. The topological polar surface area (TPSA) is 63.8 Å². The Morgan fingerprint density at radius 1 is 1.21 bits per heavy atom. The zero-order chi connectivity index (χ0) is 13.4. The van der Waals surface area contributed by atoms with Crippen LogP contribution in [-0.4, -0.2) is 8.75 Å². The van der Waals surface area contributed by atoms with Gasteiger partial charge in [0.05, 0.1) is 22.4 Å². The van der Waals surface area contributed by atoms with Crippen molar-refractivity contribution in [1.82, 2.24) is 8.75 Å². The zero-order valence-electron chi connectivity index (χ0n) is 10.1. The average molecular weight is 291 g/mol. The van der Waals surface area contributed by atoms with Crippen LogP contribution in [-0.2, 0) is 0 Å². The minimum atomic E-state index is 0.620. The van der Waals surface area contributed by atoms with E-state index in [0.29, 0.717) is 5.02 Å². The predicted molar refractivity (Wildman–Crippen MR) is 81.3 cm³/mol. The second-order valence-electron chi connectivity index (χ2n) is 4.25. The summed E-state index contributed by atoms with van der Waals surface area (Å²) in [5.41, 5.74) is 10.9. The summed E-state index contributed by atoms with van der Waals surface area (Å²) in [7, 11) is 0. The lowest BCUT2D eigenvalue weighted by Crippen LogP contribution is -1.95. The third-order valence-electron chi connectivity index (χ3n) is 2.92. The molecule has 0 fully saturated rings. The Morgan fingerprint density at radius 3 is 2.84 bits per heavy atom. The van der Waals surface area contributed by atoms with Gasteiger partial charge in [0.15, 0.2) is 0 Å². The number of anilines is 3. The number of nitrogens with two attached hydrogens (primary N) is 1. The molecule has 0 spiro atoms. The van der Waals surface area contributed by atoms with Gasteiger partial charge in [-0.3, -0.25) is 0 Å². The molecule has 3 N–H and O–H groups in total. The molecule has 0 unspecified atom stereocenters. The molecule has 96 valence electrons. The highest BCUT2D eigenvalue weighted by Gasteiger charge is 2.10. The molecule has 0 bridgehead atoms. The molecular formula is C13H11ClN4S. The summed E-state index contributed by atoms with van der Waals surface area (Å²) in [5.74, 6) is 0. The lowest BCUT2D eigenvalue weighted by Gasteiger charge is -2.10. The molecule has 3 rings (SSSR count). The van der Waals surface area contributed by atoms with Crippen LogP contribution >= 0.6 is 23.3 Å². The van der Waals surface area contributed by atoms with E-state index in [0.717, 1.165) is 33.7 Å². The molecule has 2 aromatic carbocycles. The molecule has 6 heteroatoms. The van der Waals surface area contributed by atoms with Crippen molar-refractivity contribution in [2.75, 3.05) is 11.1 Å². The number of hydrogen-bond donors (Lipinski definition) is 2. The first-order chi connectivity index (χ1) is 9.15. The monoisotopic (exact) mass is 290 g/mol. The molecule has 0 atom stereocenters. The van der Waals surface area contributed by atoms with Crippen molar-refractivity contribution < 1.29 is 0 Å². The molecule has 0 aliphatic heterocycles. The van der Waals surface area contributed by atoms with Gasteiger partial charge in [-0.15, -0.1) is 0 Å². The van der Waals surface area contributed by atoms with Crippen molar-refractivity contribution in [3.05, 3.63) is 40.9 Å². The fraction of sp³-hybridized carbons (Fsp3) is 0.0769.